The topological polar surface area (TPSA) is 245 Å². The average molecular weight is 521 g/mol. The number of hydrogen-bond donors (Lipinski definition) is 8. The van der Waals surface area contributed by atoms with Crippen LogP contribution in [-0.2, 0) is 36.8 Å². The van der Waals surface area contributed by atoms with Crippen molar-refractivity contribution in [2.24, 2.45) is 11.7 Å². The summed E-state index contributed by atoms with van der Waals surface area (Å²) in [5.41, 5.74) is 7.14. The van der Waals surface area contributed by atoms with E-state index in [2.05, 4.69) is 35.9 Å². The Morgan fingerprint density at radius 2 is 1.35 bits per heavy atom. The number of imidazole rings is 2. The Kier molecular flexibility index (Phi) is 10.7. The van der Waals surface area contributed by atoms with Crippen molar-refractivity contribution in [1.29, 1.82) is 0 Å². The van der Waals surface area contributed by atoms with Gasteiger partial charge in [0.05, 0.1) is 25.1 Å². The number of aromatic nitrogens is 4. The Morgan fingerprint density at radius 1 is 0.838 bits per heavy atom. The molecular formula is C22H32N8O7. The first-order valence-corrected chi connectivity index (χ1v) is 11.5. The molecule has 0 saturated carbocycles. The van der Waals surface area contributed by atoms with Crippen LogP contribution in [0.5, 0.6) is 0 Å². The second kappa shape index (κ2) is 13.7. The van der Waals surface area contributed by atoms with Crippen molar-refractivity contribution >= 4 is 29.7 Å². The number of nitrogens with one attached hydrogen (secondary N) is 5. The molecule has 4 atom stereocenters. The second-order valence-electron chi connectivity index (χ2n) is 8.92. The number of amides is 3. The molecule has 0 saturated heterocycles. The highest BCUT2D eigenvalue weighted by Gasteiger charge is 2.32. The molecule has 2 aromatic rings. The van der Waals surface area contributed by atoms with Gasteiger partial charge in [-0.05, 0) is 12.3 Å². The van der Waals surface area contributed by atoms with Crippen molar-refractivity contribution in [2.75, 3.05) is 0 Å². The second-order valence-corrected chi connectivity index (χ2v) is 8.92. The molecule has 0 bridgehead atoms. The van der Waals surface area contributed by atoms with E-state index in [1.54, 1.807) is 13.8 Å². The third-order valence-electron chi connectivity index (χ3n) is 5.28. The Hall–Kier alpha value is -4.27. The molecule has 0 radical (unpaired) electrons. The van der Waals surface area contributed by atoms with Crippen LogP contribution in [0.1, 0.15) is 38.1 Å². The predicted molar refractivity (Wildman–Crippen MR) is 128 cm³/mol. The molecule has 2 heterocycles. The van der Waals surface area contributed by atoms with E-state index in [-0.39, 0.29) is 25.2 Å². The van der Waals surface area contributed by atoms with Crippen LogP contribution in [0, 0.1) is 5.92 Å². The van der Waals surface area contributed by atoms with Crippen molar-refractivity contribution in [3.8, 4) is 0 Å². The summed E-state index contributed by atoms with van der Waals surface area (Å²) in [7, 11) is 0. The molecule has 0 aliphatic heterocycles. The number of aliphatic carboxylic acids is 2. The smallest absolute Gasteiger partial charge is 0.326 e. The van der Waals surface area contributed by atoms with Crippen molar-refractivity contribution in [3.63, 3.8) is 0 Å². The first-order valence-electron chi connectivity index (χ1n) is 11.5. The lowest BCUT2D eigenvalue weighted by Crippen LogP contribution is -2.58. The zero-order valence-electron chi connectivity index (χ0n) is 20.4. The van der Waals surface area contributed by atoms with Gasteiger partial charge >= 0.3 is 11.9 Å². The van der Waals surface area contributed by atoms with Gasteiger partial charge in [-0.15, -0.1) is 0 Å². The third-order valence-corrected chi connectivity index (χ3v) is 5.28. The van der Waals surface area contributed by atoms with E-state index in [1.807, 2.05) is 0 Å². The van der Waals surface area contributed by atoms with Gasteiger partial charge in [0.1, 0.15) is 18.1 Å². The summed E-state index contributed by atoms with van der Waals surface area (Å²) in [6, 6.07) is -5.03. The fourth-order valence-corrected chi connectivity index (χ4v) is 3.45. The normalized spacial score (nSPS) is 14.3. The van der Waals surface area contributed by atoms with Crippen LogP contribution >= 0.6 is 0 Å². The van der Waals surface area contributed by atoms with Crippen LogP contribution in [0.25, 0.3) is 0 Å². The molecule has 202 valence electrons. The molecule has 37 heavy (non-hydrogen) atoms. The summed E-state index contributed by atoms with van der Waals surface area (Å²) in [4.78, 5) is 74.6. The lowest BCUT2D eigenvalue weighted by Gasteiger charge is -2.25. The summed E-state index contributed by atoms with van der Waals surface area (Å²) >= 11 is 0. The van der Waals surface area contributed by atoms with Gasteiger partial charge in [-0.3, -0.25) is 19.2 Å². The van der Waals surface area contributed by atoms with Gasteiger partial charge in [0.2, 0.25) is 17.7 Å². The number of nitrogens with zero attached hydrogens (tertiary/aromatic N) is 2. The number of rotatable bonds is 15. The first kappa shape index (κ1) is 29.0. The minimum atomic E-state index is -1.68. The first-order chi connectivity index (χ1) is 17.5. The van der Waals surface area contributed by atoms with Gasteiger partial charge in [-0.2, -0.15) is 0 Å². The van der Waals surface area contributed by atoms with E-state index in [4.69, 9.17) is 10.8 Å². The maximum Gasteiger partial charge on any atom is 0.326 e. The number of nitrogens with two attached hydrogens (primary N) is 1. The lowest BCUT2D eigenvalue weighted by molar-refractivity contribution is -0.147. The van der Waals surface area contributed by atoms with E-state index in [0.717, 1.165) is 0 Å². The highest BCUT2D eigenvalue weighted by Crippen LogP contribution is 2.08. The largest absolute Gasteiger partial charge is 0.481 e. The third kappa shape index (κ3) is 9.71. The molecule has 2 rings (SSSR count). The Morgan fingerprint density at radius 3 is 1.84 bits per heavy atom. The predicted octanol–water partition coefficient (Wildman–Crippen LogP) is -1.69. The van der Waals surface area contributed by atoms with E-state index < -0.39 is 60.2 Å². The molecule has 15 nitrogen and oxygen atoms in total. The SMILES string of the molecule is CC(C)CC(NC(=O)C(Cc1cnc[nH]1)NC(=O)C(N)Cc1cnc[nH]1)C(=O)NC(CC(=O)O)C(=O)O. The Balaban J connectivity index is 2.17. The standard InChI is InChI=1S/C22H32N8O7/c1-11(2)3-15(20(34)30-17(22(36)37)6-18(31)32)29-21(35)16(5-13-8-25-10-27-13)28-19(33)14(23)4-12-7-24-9-26-12/h7-11,14-17H,3-6,23H2,1-2H3,(H,24,26)(H,25,27)(H,28,33)(H,29,35)(H,30,34)(H,31,32)(H,36,37). The summed E-state index contributed by atoms with van der Waals surface area (Å²) in [5, 5.41) is 25.5. The zero-order chi connectivity index (χ0) is 27.5. The fraction of sp³-hybridized carbons (Fsp3) is 0.500. The van der Waals surface area contributed by atoms with Crippen molar-refractivity contribution < 1.29 is 34.2 Å². The van der Waals surface area contributed by atoms with Gasteiger partial charge < -0.3 is 41.9 Å². The van der Waals surface area contributed by atoms with Crippen LogP contribution in [0.2, 0.25) is 0 Å². The van der Waals surface area contributed by atoms with Crippen LogP contribution in [-0.4, -0.2) is 84.0 Å². The van der Waals surface area contributed by atoms with Crippen LogP contribution < -0.4 is 21.7 Å². The van der Waals surface area contributed by atoms with Crippen LogP contribution in [0.3, 0.4) is 0 Å². The minimum absolute atomic E-state index is 0.00112. The molecule has 3 amide bonds. The van der Waals surface area contributed by atoms with Gasteiger partial charge in [-0.25, -0.2) is 14.8 Å². The van der Waals surface area contributed by atoms with Gasteiger partial charge in [0.15, 0.2) is 0 Å². The molecule has 0 fully saturated rings. The fourth-order valence-electron chi connectivity index (χ4n) is 3.45. The lowest BCUT2D eigenvalue weighted by atomic mass is 10.0. The molecule has 2 aromatic heterocycles. The van der Waals surface area contributed by atoms with E-state index >= 15 is 0 Å². The van der Waals surface area contributed by atoms with E-state index in [9.17, 15) is 29.1 Å². The summed E-state index contributed by atoms with van der Waals surface area (Å²) in [6.45, 7) is 3.58. The molecule has 0 aliphatic carbocycles. The number of carboxylic acids is 2. The Bertz CT molecular complexity index is 1060. The number of hydrogen-bond acceptors (Lipinski definition) is 8. The minimum Gasteiger partial charge on any atom is -0.481 e. The molecular weight excluding hydrogens is 488 g/mol. The molecule has 15 heteroatoms. The molecule has 0 aliphatic rings. The van der Waals surface area contributed by atoms with Crippen LogP contribution in [0.4, 0.5) is 0 Å². The Labute approximate surface area is 212 Å². The average Bonchev–Trinajstić information content (AvgIpc) is 3.51. The van der Waals surface area contributed by atoms with E-state index in [1.165, 1.54) is 25.0 Å². The number of aromatic amines is 2. The van der Waals surface area contributed by atoms with Crippen molar-refractivity contribution in [1.82, 2.24) is 35.9 Å². The maximum atomic E-state index is 13.2. The molecule has 4 unspecified atom stereocenters. The van der Waals surface area contributed by atoms with Crippen molar-refractivity contribution in [3.05, 3.63) is 36.4 Å². The summed E-state index contributed by atoms with van der Waals surface area (Å²) in [5.74, 6) is -5.23. The maximum absolute atomic E-state index is 13.2. The molecule has 0 spiro atoms. The van der Waals surface area contributed by atoms with Gasteiger partial charge in [0, 0.05) is 36.6 Å². The molecule has 9 N–H and O–H groups in total. The quantitative estimate of drug-likeness (QED) is 0.132. The zero-order valence-corrected chi connectivity index (χ0v) is 20.4. The number of carbonyl (C=O) groups is 5. The number of H-pyrrole nitrogens is 2. The highest BCUT2D eigenvalue weighted by molar-refractivity contribution is 5.94. The number of carbonyl (C=O) groups excluding carboxylic acids is 3. The van der Waals surface area contributed by atoms with Crippen molar-refractivity contribution in [2.45, 2.75) is 63.7 Å². The highest BCUT2D eigenvalue weighted by atomic mass is 16.4. The molecule has 0 aromatic carbocycles. The van der Waals surface area contributed by atoms with Crippen LogP contribution in [0.15, 0.2) is 25.0 Å². The van der Waals surface area contributed by atoms with Gasteiger partial charge in [-0.1, -0.05) is 13.8 Å². The number of carboxylic acid groups (broad SMARTS) is 2. The van der Waals surface area contributed by atoms with E-state index in [0.29, 0.717) is 11.4 Å². The summed E-state index contributed by atoms with van der Waals surface area (Å²) in [6.07, 6.45) is 5.27. The monoisotopic (exact) mass is 520 g/mol. The van der Waals surface area contributed by atoms with Gasteiger partial charge in [0.25, 0.3) is 0 Å². The summed E-state index contributed by atoms with van der Waals surface area (Å²) < 4.78 is 0.